The monoisotopic (exact) mass is 122 g/mol. The van der Waals surface area contributed by atoms with Crippen LogP contribution in [0.5, 0.6) is 0 Å². The molecule has 0 fully saturated rings. The van der Waals surface area contributed by atoms with Crippen molar-refractivity contribution in [3.05, 3.63) is 35.9 Å². The SMILES string of the molecule is [Al][CH2]c1ccccc1.[HH].[HH]. The van der Waals surface area contributed by atoms with Crippen LogP contribution in [-0.4, -0.2) is 16.3 Å². The van der Waals surface area contributed by atoms with Crippen molar-refractivity contribution >= 4 is 16.3 Å². The summed E-state index contributed by atoms with van der Waals surface area (Å²) in [5.74, 6) is 0. The summed E-state index contributed by atoms with van der Waals surface area (Å²) in [4.78, 5) is 0. The Kier molecular flexibility index (Phi) is 2.14. The van der Waals surface area contributed by atoms with Gasteiger partial charge in [-0.1, -0.05) is 41.2 Å². The van der Waals surface area contributed by atoms with Gasteiger partial charge < -0.3 is 0 Å². The minimum absolute atomic E-state index is 0. The zero-order valence-electron chi connectivity index (χ0n) is 4.67. The third-order valence-corrected chi connectivity index (χ3v) is 1.55. The number of benzene rings is 1. The molecule has 0 aliphatic rings. The van der Waals surface area contributed by atoms with Crippen molar-refractivity contribution in [1.82, 2.24) is 0 Å². The Hall–Kier alpha value is -0.248. The van der Waals surface area contributed by atoms with Crippen LogP contribution in [0.1, 0.15) is 8.42 Å². The third-order valence-electron chi connectivity index (χ3n) is 1.08. The summed E-state index contributed by atoms with van der Waals surface area (Å²) in [7, 11) is 0. The van der Waals surface area contributed by atoms with Gasteiger partial charge in [-0.05, 0) is 0 Å². The van der Waals surface area contributed by atoms with Crippen LogP contribution in [0.3, 0.4) is 0 Å². The summed E-state index contributed by atoms with van der Waals surface area (Å²) in [6.07, 6.45) is 0. The lowest BCUT2D eigenvalue weighted by atomic mass is 10.2. The van der Waals surface area contributed by atoms with Crippen LogP contribution in [0.15, 0.2) is 30.3 Å². The predicted molar refractivity (Wildman–Crippen MR) is 40.1 cm³/mol. The Bertz CT molecular complexity index is 153. The summed E-state index contributed by atoms with van der Waals surface area (Å²) < 4.78 is 0. The van der Waals surface area contributed by atoms with Crippen molar-refractivity contribution in [2.75, 3.05) is 0 Å². The maximum absolute atomic E-state index is 2.69. The molecular formula is C7H11Al. The molecule has 0 amide bonds. The van der Waals surface area contributed by atoms with Gasteiger partial charge in [0.05, 0.1) is 0 Å². The van der Waals surface area contributed by atoms with E-state index in [1.807, 2.05) is 6.07 Å². The number of rotatable bonds is 1. The lowest BCUT2D eigenvalue weighted by molar-refractivity contribution is 1.40. The molecule has 0 saturated carbocycles. The molecule has 0 aliphatic carbocycles. The molecule has 1 rings (SSSR count). The summed E-state index contributed by atoms with van der Waals surface area (Å²) >= 11 is 2.69. The second-order valence-corrected chi connectivity index (χ2v) is 2.10. The molecule has 0 aromatic heterocycles. The average molecular weight is 122 g/mol. The van der Waals surface area contributed by atoms with Crippen molar-refractivity contribution in [2.45, 2.75) is 5.28 Å². The van der Waals surface area contributed by atoms with E-state index in [-0.39, 0.29) is 2.85 Å². The molecule has 8 heavy (non-hydrogen) atoms. The van der Waals surface area contributed by atoms with E-state index in [9.17, 15) is 0 Å². The Morgan fingerprint density at radius 3 is 2.25 bits per heavy atom. The summed E-state index contributed by atoms with van der Waals surface area (Å²) in [6.45, 7) is 0. The van der Waals surface area contributed by atoms with Gasteiger partial charge in [0.25, 0.3) is 0 Å². The third kappa shape index (κ3) is 1.37. The lowest BCUT2D eigenvalue weighted by Gasteiger charge is -1.90. The molecule has 1 heteroatoms. The van der Waals surface area contributed by atoms with Crippen molar-refractivity contribution < 1.29 is 2.85 Å². The Balaban J connectivity index is 0. The quantitative estimate of drug-likeness (QED) is 0.498. The van der Waals surface area contributed by atoms with E-state index >= 15 is 0 Å². The van der Waals surface area contributed by atoms with Crippen LogP contribution in [0.2, 0.25) is 0 Å². The van der Waals surface area contributed by atoms with Crippen LogP contribution >= 0.6 is 0 Å². The Morgan fingerprint density at radius 2 is 1.88 bits per heavy atom. The first-order valence-corrected chi connectivity index (χ1v) is 3.49. The molecule has 0 unspecified atom stereocenters. The molecule has 0 atom stereocenters. The van der Waals surface area contributed by atoms with Crippen LogP contribution in [0.4, 0.5) is 0 Å². The second-order valence-electron chi connectivity index (χ2n) is 1.69. The molecule has 1 aromatic rings. The normalized spacial score (nSPS) is 9.00. The molecule has 0 spiro atoms. The molecule has 2 radical (unpaired) electrons. The molecule has 42 valence electrons. The van der Waals surface area contributed by atoms with Crippen LogP contribution < -0.4 is 0 Å². The van der Waals surface area contributed by atoms with Crippen LogP contribution in [-0.2, 0) is 5.28 Å². The van der Waals surface area contributed by atoms with Crippen molar-refractivity contribution in [3.63, 3.8) is 0 Å². The van der Waals surface area contributed by atoms with Crippen molar-refractivity contribution in [3.8, 4) is 0 Å². The number of hydrogen-bond acceptors (Lipinski definition) is 0. The lowest BCUT2D eigenvalue weighted by Crippen LogP contribution is -1.78. The summed E-state index contributed by atoms with van der Waals surface area (Å²) in [5.41, 5.74) is 1.37. The number of hydrogen-bond donors (Lipinski definition) is 0. The van der Waals surface area contributed by atoms with Crippen LogP contribution in [0, 0.1) is 0 Å². The van der Waals surface area contributed by atoms with Gasteiger partial charge in [-0.2, -0.15) is 0 Å². The van der Waals surface area contributed by atoms with E-state index in [1.165, 1.54) is 5.56 Å². The Morgan fingerprint density at radius 1 is 1.25 bits per heavy atom. The van der Waals surface area contributed by atoms with Crippen molar-refractivity contribution in [1.29, 1.82) is 0 Å². The fourth-order valence-corrected chi connectivity index (χ4v) is 0.886. The van der Waals surface area contributed by atoms with Gasteiger partial charge in [-0.3, -0.25) is 0 Å². The van der Waals surface area contributed by atoms with Gasteiger partial charge in [-0.25, -0.2) is 0 Å². The van der Waals surface area contributed by atoms with E-state index < -0.39 is 0 Å². The first-order valence-electron chi connectivity index (χ1n) is 2.67. The minimum Gasteiger partial charge on any atom is -0.0945 e. The highest BCUT2D eigenvalue weighted by atomic mass is 27.0. The Labute approximate surface area is 60.9 Å². The van der Waals surface area contributed by atoms with Gasteiger partial charge >= 0.3 is 0 Å². The maximum Gasteiger partial charge on any atom is 0.125 e. The first kappa shape index (κ1) is 5.88. The largest absolute Gasteiger partial charge is 0.125 e. The fourth-order valence-electron chi connectivity index (χ4n) is 0.614. The van der Waals surface area contributed by atoms with E-state index in [1.54, 1.807) is 0 Å². The van der Waals surface area contributed by atoms with Gasteiger partial charge in [0.1, 0.15) is 16.3 Å². The van der Waals surface area contributed by atoms with E-state index in [2.05, 4.69) is 40.6 Å². The van der Waals surface area contributed by atoms with Crippen LogP contribution in [0.25, 0.3) is 0 Å². The summed E-state index contributed by atoms with van der Waals surface area (Å²) in [5, 5.41) is 1.06. The van der Waals surface area contributed by atoms with Gasteiger partial charge in [0.2, 0.25) is 0 Å². The molecule has 0 saturated heterocycles. The topological polar surface area (TPSA) is 0 Å². The second kappa shape index (κ2) is 2.92. The molecule has 0 N–H and O–H groups in total. The maximum atomic E-state index is 2.69. The van der Waals surface area contributed by atoms with E-state index in [0.717, 1.165) is 5.28 Å². The predicted octanol–water partition coefficient (Wildman–Crippen LogP) is 1.85. The zero-order valence-corrected chi connectivity index (χ0v) is 5.83. The smallest absolute Gasteiger partial charge is 0.0945 e. The molecule has 0 bridgehead atoms. The minimum atomic E-state index is 0. The molecule has 0 aliphatic heterocycles. The zero-order chi connectivity index (χ0) is 5.82. The van der Waals surface area contributed by atoms with Gasteiger partial charge in [0.15, 0.2) is 0 Å². The highest BCUT2D eigenvalue weighted by Crippen LogP contribution is 1.95. The van der Waals surface area contributed by atoms with Gasteiger partial charge in [0, 0.05) is 2.85 Å². The molecule has 1 aromatic carbocycles. The first-order chi connectivity index (χ1) is 3.93. The van der Waals surface area contributed by atoms with E-state index in [0.29, 0.717) is 0 Å². The standard InChI is InChI=1S/C7H7.Al.2H2/c1-7-5-3-2-4-6-7;;;/h2-6H,1H2;;2*1H. The van der Waals surface area contributed by atoms with E-state index in [4.69, 9.17) is 0 Å². The fraction of sp³-hybridized carbons (Fsp3) is 0.143. The molecule has 0 nitrogen and oxygen atoms in total. The molecular weight excluding hydrogens is 111 g/mol. The molecule has 0 heterocycles. The average Bonchev–Trinajstić information content (AvgIpc) is 1.90. The highest BCUT2D eigenvalue weighted by molar-refractivity contribution is 6.08. The van der Waals surface area contributed by atoms with Gasteiger partial charge in [-0.15, -0.1) is 0 Å². The highest BCUT2D eigenvalue weighted by Gasteiger charge is 1.79. The van der Waals surface area contributed by atoms with Crippen molar-refractivity contribution in [2.24, 2.45) is 0 Å². The summed E-state index contributed by atoms with van der Waals surface area (Å²) in [6, 6.07) is 10.4.